The molecule has 2 atom stereocenters. The Morgan fingerprint density at radius 1 is 1.03 bits per heavy atom. The number of hydrogen-bond donors (Lipinski definition) is 0. The number of carbonyl (C=O) groups excluding carboxylic acids is 2. The minimum Gasteiger partial charge on any atom is -0.336 e. The van der Waals surface area contributed by atoms with Crippen LogP contribution in [0.3, 0.4) is 0 Å². The number of pyridine rings is 1. The largest absolute Gasteiger partial charge is 0.336 e. The number of piperidine rings is 1. The zero-order valence-corrected chi connectivity index (χ0v) is 19.2. The first-order valence-electron chi connectivity index (χ1n) is 11.8. The van der Waals surface area contributed by atoms with Crippen molar-refractivity contribution in [3.63, 3.8) is 0 Å². The van der Waals surface area contributed by atoms with Crippen LogP contribution in [0.15, 0.2) is 48.8 Å². The van der Waals surface area contributed by atoms with E-state index in [4.69, 9.17) is 0 Å². The first kappa shape index (κ1) is 22.5. The van der Waals surface area contributed by atoms with E-state index < -0.39 is 0 Å². The van der Waals surface area contributed by atoms with E-state index >= 15 is 0 Å². The summed E-state index contributed by atoms with van der Waals surface area (Å²) in [7, 11) is 2.19. The molecule has 6 nitrogen and oxygen atoms in total. The molecular weight excluding hydrogens is 400 g/mol. The second-order valence-corrected chi connectivity index (χ2v) is 9.03. The molecule has 3 heterocycles. The van der Waals surface area contributed by atoms with Gasteiger partial charge in [-0.1, -0.05) is 37.6 Å². The number of nitrogens with zero attached hydrogens (tertiary/aromatic N) is 4. The molecular formula is C26H34N4O2. The van der Waals surface area contributed by atoms with E-state index in [2.05, 4.69) is 23.0 Å². The maximum atomic E-state index is 13.5. The minimum absolute atomic E-state index is 0.107. The fourth-order valence-corrected chi connectivity index (χ4v) is 5.12. The maximum absolute atomic E-state index is 13.5. The van der Waals surface area contributed by atoms with Gasteiger partial charge < -0.3 is 9.80 Å². The van der Waals surface area contributed by atoms with Crippen LogP contribution in [0.4, 0.5) is 5.69 Å². The lowest BCUT2D eigenvalue weighted by Crippen LogP contribution is -2.51. The third-order valence-electron chi connectivity index (χ3n) is 7.02. The molecule has 0 saturated carbocycles. The third kappa shape index (κ3) is 5.01. The molecule has 6 heteroatoms. The van der Waals surface area contributed by atoms with Crippen LogP contribution in [0.25, 0.3) is 0 Å². The van der Waals surface area contributed by atoms with Crippen LogP contribution in [0.5, 0.6) is 0 Å². The van der Waals surface area contributed by atoms with Crippen molar-refractivity contribution < 1.29 is 9.59 Å². The summed E-state index contributed by atoms with van der Waals surface area (Å²) in [5, 5.41) is 0. The second-order valence-electron chi connectivity index (χ2n) is 9.03. The highest BCUT2D eigenvalue weighted by Crippen LogP contribution is 2.30. The van der Waals surface area contributed by atoms with Gasteiger partial charge in [-0.2, -0.15) is 0 Å². The maximum Gasteiger partial charge on any atom is 0.227 e. The SMILES string of the molecule is CCC(=O)N1CCC2CCCC(CN(C(=O)Cc3cccnc3)Cc3ccccc31)N2C. The molecule has 170 valence electrons. The van der Waals surface area contributed by atoms with Crippen LogP contribution in [0, 0.1) is 0 Å². The molecule has 1 saturated heterocycles. The van der Waals surface area contributed by atoms with Crippen molar-refractivity contribution in [2.45, 2.75) is 64.1 Å². The third-order valence-corrected chi connectivity index (χ3v) is 7.02. The molecule has 2 bridgehead atoms. The van der Waals surface area contributed by atoms with Crippen molar-refractivity contribution in [2.24, 2.45) is 0 Å². The van der Waals surface area contributed by atoms with Crippen LogP contribution in [-0.4, -0.2) is 58.8 Å². The standard InChI is InChI=1S/C26H34N4O2/c1-3-25(31)30-15-13-22-10-6-11-23(28(22)2)19-29(18-21-9-4-5-12-24(21)30)26(32)16-20-8-7-14-27-17-20/h4-5,7-9,12,14,17,22-23H,3,6,10-11,13,15-16,18-19H2,1-2H3. The van der Waals surface area contributed by atoms with Crippen molar-refractivity contribution >= 4 is 17.5 Å². The summed E-state index contributed by atoms with van der Waals surface area (Å²) >= 11 is 0. The summed E-state index contributed by atoms with van der Waals surface area (Å²) in [5.74, 6) is 0.246. The Labute approximate surface area is 191 Å². The van der Waals surface area contributed by atoms with E-state index in [0.717, 1.165) is 42.6 Å². The van der Waals surface area contributed by atoms with E-state index in [1.54, 1.807) is 12.4 Å². The van der Waals surface area contributed by atoms with Crippen LogP contribution in [-0.2, 0) is 22.6 Å². The van der Waals surface area contributed by atoms with Crippen LogP contribution >= 0.6 is 0 Å². The molecule has 2 amide bonds. The smallest absolute Gasteiger partial charge is 0.227 e. The number of carbonyl (C=O) groups is 2. The highest BCUT2D eigenvalue weighted by molar-refractivity contribution is 5.94. The Morgan fingerprint density at radius 3 is 2.62 bits per heavy atom. The lowest BCUT2D eigenvalue weighted by molar-refractivity contribution is -0.132. The topological polar surface area (TPSA) is 56.8 Å². The average molecular weight is 435 g/mol. The first-order valence-corrected chi connectivity index (χ1v) is 11.8. The summed E-state index contributed by atoms with van der Waals surface area (Å²) in [4.78, 5) is 36.9. The van der Waals surface area contributed by atoms with Gasteiger partial charge in [-0.15, -0.1) is 0 Å². The number of para-hydroxylation sites is 1. The Morgan fingerprint density at radius 2 is 1.84 bits per heavy atom. The molecule has 1 aromatic heterocycles. The highest BCUT2D eigenvalue weighted by Gasteiger charge is 2.32. The number of aromatic nitrogens is 1. The summed E-state index contributed by atoms with van der Waals surface area (Å²) in [6, 6.07) is 12.7. The quantitative estimate of drug-likeness (QED) is 0.740. The summed E-state index contributed by atoms with van der Waals surface area (Å²) in [6.45, 7) is 3.86. The van der Waals surface area contributed by atoms with Gasteiger partial charge in [-0.3, -0.25) is 19.5 Å². The van der Waals surface area contributed by atoms with Gasteiger partial charge in [0.05, 0.1) is 6.42 Å². The number of rotatable bonds is 3. The number of fused-ring (bicyclic) bond motifs is 3. The second kappa shape index (κ2) is 10.3. The Bertz CT molecular complexity index is 932. The van der Waals surface area contributed by atoms with Gasteiger partial charge >= 0.3 is 0 Å². The zero-order valence-electron chi connectivity index (χ0n) is 19.2. The summed E-state index contributed by atoms with van der Waals surface area (Å²) in [5.41, 5.74) is 2.91. The average Bonchev–Trinajstić information content (AvgIpc) is 2.82. The molecule has 32 heavy (non-hydrogen) atoms. The van der Waals surface area contributed by atoms with Gasteiger partial charge in [0.2, 0.25) is 11.8 Å². The Hall–Kier alpha value is -2.73. The molecule has 0 aliphatic carbocycles. The fraction of sp³-hybridized carbons (Fsp3) is 0.500. The van der Waals surface area contributed by atoms with Crippen molar-refractivity contribution in [1.29, 1.82) is 0 Å². The van der Waals surface area contributed by atoms with Crippen LogP contribution in [0.1, 0.15) is 50.2 Å². The summed E-state index contributed by atoms with van der Waals surface area (Å²) in [6.07, 6.45) is 8.68. The van der Waals surface area contributed by atoms with E-state index in [-0.39, 0.29) is 11.8 Å². The van der Waals surface area contributed by atoms with E-state index in [1.165, 1.54) is 6.42 Å². The van der Waals surface area contributed by atoms with E-state index in [1.807, 2.05) is 47.1 Å². The first-order chi connectivity index (χ1) is 15.6. The van der Waals surface area contributed by atoms with Crippen LogP contribution < -0.4 is 4.90 Å². The molecule has 2 unspecified atom stereocenters. The van der Waals surface area contributed by atoms with Gasteiger partial charge in [0.1, 0.15) is 0 Å². The van der Waals surface area contributed by atoms with Crippen molar-refractivity contribution in [3.05, 3.63) is 59.9 Å². The number of anilines is 1. The Kier molecular flexibility index (Phi) is 7.20. The molecule has 1 aromatic carbocycles. The molecule has 2 aliphatic heterocycles. The highest BCUT2D eigenvalue weighted by atomic mass is 16.2. The van der Waals surface area contributed by atoms with E-state index in [0.29, 0.717) is 38.0 Å². The predicted molar refractivity (Wildman–Crippen MR) is 126 cm³/mol. The number of likely N-dealkylation sites (N-methyl/N-ethyl adjacent to an activating group) is 1. The van der Waals surface area contributed by atoms with Gasteiger partial charge in [-0.25, -0.2) is 0 Å². The van der Waals surface area contributed by atoms with Gasteiger partial charge in [0.15, 0.2) is 0 Å². The minimum atomic E-state index is 0.107. The molecule has 2 aromatic rings. The van der Waals surface area contributed by atoms with Gasteiger partial charge in [0, 0.05) is 56.2 Å². The number of benzene rings is 1. The predicted octanol–water partition coefficient (Wildman–Crippen LogP) is 3.65. The van der Waals surface area contributed by atoms with Gasteiger partial charge in [-0.05, 0) is 49.6 Å². The lowest BCUT2D eigenvalue weighted by atomic mass is 9.93. The summed E-state index contributed by atoms with van der Waals surface area (Å²) < 4.78 is 0. The number of amides is 2. The number of hydrogen-bond acceptors (Lipinski definition) is 4. The van der Waals surface area contributed by atoms with Crippen molar-refractivity contribution in [2.75, 3.05) is 25.0 Å². The van der Waals surface area contributed by atoms with Crippen molar-refractivity contribution in [3.8, 4) is 0 Å². The zero-order chi connectivity index (χ0) is 22.5. The molecule has 4 rings (SSSR count). The van der Waals surface area contributed by atoms with Gasteiger partial charge in [0.25, 0.3) is 0 Å². The molecule has 1 fully saturated rings. The monoisotopic (exact) mass is 434 g/mol. The lowest BCUT2D eigenvalue weighted by Gasteiger charge is -2.42. The normalized spacial score (nSPS) is 22.1. The van der Waals surface area contributed by atoms with Crippen molar-refractivity contribution in [1.82, 2.24) is 14.8 Å². The fourth-order valence-electron chi connectivity index (χ4n) is 5.12. The molecule has 2 aliphatic rings. The van der Waals surface area contributed by atoms with E-state index in [9.17, 15) is 9.59 Å². The van der Waals surface area contributed by atoms with Crippen LogP contribution in [0.2, 0.25) is 0 Å². The molecule has 0 radical (unpaired) electrons. The molecule has 0 N–H and O–H groups in total. The Balaban J connectivity index is 1.69. The molecule has 0 spiro atoms.